The Balaban J connectivity index is 1.81. The average Bonchev–Trinajstić information content (AvgIpc) is 2.57. The van der Waals surface area contributed by atoms with Crippen LogP contribution in [0.5, 0.6) is 11.5 Å². The van der Waals surface area contributed by atoms with E-state index in [1.807, 2.05) is 24.3 Å². The zero-order valence-electron chi connectivity index (χ0n) is 15.1. The molecule has 0 amide bonds. The van der Waals surface area contributed by atoms with Crippen LogP contribution in [0.2, 0.25) is 0 Å². The van der Waals surface area contributed by atoms with Crippen molar-refractivity contribution in [3.63, 3.8) is 0 Å². The minimum atomic E-state index is -0.783. The van der Waals surface area contributed by atoms with Crippen molar-refractivity contribution in [2.24, 2.45) is 0 Å². The molecule has 2 aromatic carbocycles. The molecular formula is C21H26O4. The van der Waals surface area contributed by atoms with Gasteiger partial charge in [-0.3, -0.25) is 4.79 Å². The third-order valence-electron chi connectivity index (χ3n) is 3.95. The summed E-state index contributed by atoms with van der Waals surface area (Å²) < 4.78 is 11.6. The number of carbonyl (C=O) groups is 1. The molecule has 1 N–H and O–H groups in total. The van der Waals surface area contributed by atoms with E-state index in [1.54, 1.807) is 0 Å². The average molecular weight is 342 g/mol. The first kappa shape index (κ1) is 18.8. The van der Waals surface area contributed by atoms with Gasteiger partial charge >= 0.3 is 5.97 Å². The van der Waals surface area contributed by atoms with Gasteiger partial charge in [-0.1, -0.05) is 38.1 Å². The summed E-state index contributed by atoms with van der Waals surface area (Å²) in [7, 11) is 0. The fourth-order valence-corrected chi connectivity index (χ4v) is 2.56. The molecular weight excluding hydrogens is 316 g/mol. The van der Waals surface area contributed by atoms with Crippen molar-refractivity contribution in [2.75, 3.05) is 13.2 Å². The predicted octanol–water partition coefficient (Wildman–Crippen LogP) is 4.59. The third kappa shape index (κ3) is 6.14. The summed E-state index contributed by atoms with van der Waals surface area (Å²) in [5, 5.41) is 8.70. The summed E-state index contributed by atoms with van der Waals surface area (Å²) in [6.45, 7) is 7.29. The van der Waals surface area contributed by atoms with E-state index in [9.17, 15) is 4.79 Å². The summed E-state index contributed by atoms with van der Waals surface area (Å²) >= 11 is 0. The zero-order valence-corrected chi connectivity index (χ0v) is 15.1. The highest BCUT2D eigenvalue weighted by Crippen LogP contribution is 2.27. The molecule has 0 aliphatic heterocycles. The lowest BCUT2D eigenvalue weighted by Gasteiger charge is -2.15. The summed E-state index contributed by atoms with van der Waals surface area (Å²) in [6, 6.07) is 13.8. The Morgan fingerprint density at radius 2 is 1.72 bits per heavy atom. The van der Waals surface area contributed by atoms with Gasteiger partial charge in [-0.15, -0.1) is 0 Å². The number of aliphatic carboxylic acids is 1. The maximum absolute atomic E-state index is 10.6. The van der Waals surface area contributed by atoms with E-state index in [2.05, 4.69) is 39.0 Å². The molecule has 4 nitrogen and oxygen atoms in total. The molecule has 0 atom stereocenters. The minimum Gasteiger partial charge on any atom is -0.490 e. The van der Waals surface area contributed by atoms with Crippen LogP contribution in [0.4, 0.5) is 0 Å². The zero-order chi connectivity index (χ0) is 18.2. The Labute approximate surface area is 149 Å². The molecule has 0 aliphatic carbocycles. The van der Waals surface area contributed by atoms with Crippen molar-refractivity contribution in [1.29, 1.82) is 0 Å². The van der Waals surface area contributed by atoms with Crippen LogP contribution >= 0.6 is 0 Å². The highest BCUT2D eigenvalue weighted by Gasteiger charge is 2.08. The molecule has 2 aromatic rings. The quantitative estimate of drug-likeness (QED) is 0.677. The number of carboxylic acids is 1. The van der Waals surface area contributed by atoms with Gasteiger partial charge < -0.3 is 14.6 Å². The number of carboxylic acid groups (broad SMARTS) is 1. The summed E-state index contributed by atoms with van der Waals surface area (Å²) in [4.78, 5) is 10.6. The summed E-state index contributed by atoms with van der Waals surface area (Å²) in [5.41, 5.74) is 3.37. The van der Waals surface area contributed by atoms with Gasteiger partial charge in [0.05, 0.1) is 0 Å². The summed E-state index contributed by atoms with van der Waals surface area (Å²) in [5.74, 6) is 1.31. The number of ether oxygens (including phenoxy) is 2. The summed E-state index contributed by atoms with van der Waals surface area (Å²) in [6.07, 6.45) is 0.673. The van der Waals surface area contributed by atoms with Crippen molar-refractivity contribution in [3.05, 3.63) is 59.2 Å². The maximum atomic E-state index is 10.6. The highest BCUT2D eigenvalue weighted by molar-refractivity contribution is 5.67. The number of hydrogen-bond donors (Lipinski definition) is 1. The highest BCUT2D eigenvalue weighted by atomic mass is 16.5. The number of rotatable bonds is 9. The van der Waals surface area contributed by atoms with Crippen LogP contribution < -0.4 is 9.47 Å². The van der Waals surface area contributed by atoms with Gasteiger partial charge in [-0.2, -0.15) is 0 Å². The van der Waals surface area contributed by atoms with E-state index in [4.69, 9.17) is 14.6 Å². The van der Waals surface area contributed by atoms with E-state index in [-0.39, 0.29) is 6.42 Å². The normalized spacial score (nSPS) is 10.7. The lowest BCUT2D eigenvalue weighted by molar-refractivity contribution is -0.136. The second kappa shape index (κ2) is 9.11. The van der Waals surface area contributed by atoms with Crippen LogP contribution in [0.1, 0.15) is 42.9 Å². The molecule has 4 heteroatoms. The predicted molar refractivity (Wildman–Crippen MR) is 98.7 cm³/mol. The topological polar surface area (TPSA) is 55.8 Å². The van der Waals surface area contributed by atoms with Crippen LogP contribution in [-0.4, -0.2) is 24.3 Å². The Kier molecular flexibility index (Phi) is 6.87. The van der Waals surface area contributed by atoms with Gasteiger partial charge in [0.25, 0.3) is 0 Å². The second-order valence-corrected chi connectivity index (χ2v) is 6.43. The van der Waals surface area contributed by atoms with Gasteiger partial charge in [0.15, 0.2) is 0 Å². The Morgan fingerprint density at radius 3 is 2.36 bits per heavy atom. The van der Waals surface area contributed by atoms with E-state index < -0.39 is 5.97 Å². The Morgan fingerprint density at radius 1 is 1.04 bits per heavy atom. The fraction of sp³-hybridized carbons (Fsp3) is 0.381. The van der Waals surface area contributed by atoms with Crippen molar-refractivity contribution in [2.45, 2.75) is 39.5 Å². The monoisotopic (exact) mass is 342 g/mol. The lowest BCUT2D eigenvalue weighted by Crippen LogP contribution is -2.10. The molecule has 0 radical (unpaired) electrons. The third-order valence-corrected chi connectivity index (χ3v) is 3.95. The van der Waals surface area contributed by atoms with E-state index in [0.29, 0.717) is 25.6 Å². The molecule has 0 bridgehead atoms. The Hall–Kier alpha value is -2.49. The van der Waals surface area contributed by atoms with Crippen LogP contribution in [0, 0.1) is 6.92 Å². The molecule has 0 saturated heterocycles. The maximum Gasteiger partial charge on any atom is 0.303 e. The first-order valence-corrected chi connectivity index (χ1v) is 8.62. The molecule has 0 aliphatic rings. The first-order valence-electron chi connectivity index (χ1n) is 8.62. The molecule has 2 rings (SSSR count). The van der Waals surface area contributed by atoms with Crippen LogP contribution in [-0.2, 0) is 11.2 Å². The molecule has 0 unspecified atom stereocenters. The van der Waals surface area contributed by atoms with E-state index in [0.717, 1.165) is 17.1 Å². The van der Waals surface area contributed by atoms with Crippen molar-refractivity contribution >= 4 is 5.97 Å². The minimum absolute atomic E-state index is 0.142. The molecule has 0 fully saturated rings. The van der Waals surface area contributed by atoms with E-state index in [1.165, 1.54) is 11.1 Å². The standard InChI is InChI=1S/C21H26O4/c1-15(2)19-10-4-16(3)14-20(19)25-13-12-24-18-8-5-17(6-9-18)7-11-21(22)23/h4-6,8-10,14-15H,7,11-13H2,1-3H3,(H,22,23). The molecule has 0 spiro atoms. The molecule has 0 saturated carbocycles. The van der Waals surface area contributed by atoms with Crippen LogP contribution in [0.15, 0.2) is 42.5 Å². The van der Waals surface area contributed by atoms with E-state index >= 15 is 0 Å². The second-order valence-electron chi connectivity index (χ2n) is 6.43. The largest absolute Gasteiger partial charge is 0.490 e. The number of aryl methyl sites for hydroxylation is 2. The molecule has 0 aromatic heterocycles. The van der Waals surface area contributed by atoms with Crippen molar-refractivity contribution < 1.29 is 19.4 Å². The van der Waals surface area contributed by atoms with Gasteiger partial charge in [-0.05, 0) is 54.2 Å². The lowest BCUT2D eigenvalue weighted by atomic mass is 10.0. The van der Waals surface area contributed by atoms with Gasteiger partial charge in [0, 0.05) is 6.42 Å². The number of hydrogen-bond acceptors (Lipinski definition) is 3. The molecule has 0 heterocycles. The van der Waals surface area contributed by atoms with Gasteiger partial charge in [0.1, 0.15) is 24.7 Å². The first-order chi connectivity index (χ1) is 12.0. The van der Waals surface area contributed by atoms with Gasteiger partial charge in [0.2, 0.25) is 0 Å². The van der Waals surface area contributed by atoms with Crippen LogP contribution in [0.3, 0.4) is 0 Å². The fourth-order valence-electron chi connectivity index (χ4n) is 2.56. The van der Waals surface area contributed by atoms with Gasteiger partial charge in [-0.25, -0.2) is 0 Å². The van der Waals surface area contributed by atoms with Crippen LogP contribution in [0.25, 0.3) is 0 Å². The van der Waals surface area contributed by atoms with Crippen molar-refractivity contribution in [1.82, 2.24) is 0 Å². The smallest absolute Gasteiger partial charge is 0.303 e. The molecule has 25 heavy (non-hydrogen) atoms. The number of benzene rings is 2. The SMILES string of the molecule is Cc1ccc(C(C)C)c(OCCOc2ccc(CCC(=O)O)cc2)c1. The molecule has 134 valence electrons. The van der Waals surface area contributed by atoms with Crippen molar-refractivity contribution in [3.8, 4) is 11.5 Å². The Bertz CT molecular complexity index is 690.